The molecule has 1 aliphatic rings. The van der Waals surface area contributed by atoms with Crippen LogP contribution in [-0.2, 0) is 6.67 Å². The molecular formula is C23H18N4O2. The van der Waals surface area contributed by atoms with E-state index in [0.717, 1.165) is 34.1 Å². The molecule has 0 aliphatic carbocycles. The first-order chi connectivity index (χ1) is 14.3. The lowest BCUT2D eigenvalue weighted by atomic mass is 10.1. The first-order valence-corrected chi connectivity index (χ1v) is 9.27. The second kappa shape index (κ2) is 6.91. The lowest BCUT2D eigenvalue weighted by molar-refractivity contribution is 0.0979. The van der Waals surface area contributed by atoms with Crippen LogP contribution in [0.1, 0.15) is 10.4 Å². The predicted molar refractivity (Wildman–Crippen MR) is 111 cm³/mol. The topological polar surface area (TPSA) is 60.2 Å². The van der Waals surface area contributed by atoms with Crippen molar-refractivity contribution in [3.63, 3.8) is 0 Å². The number of fused-ring (bicyclic) bond motifs is 3. The standard InChI is InChI=1S/C23H18N4O2/c1-29-18-10-8-16(9-11-18)22-25-14-21-19-6-2-3-7-20(19)27(15-26(21)22)23(28)17-5-4-12-24-13-17/h2-14H,15H2,1H3. The van der Waals surface area contributed by atoms with Crippen LogP contribution in [-0.4, -0.2) is 27.6 Å². The van der Waals surface area contributed by atoms with Crippen molar-refractivity contribution in [3.8, 4) is 28.4 Å². The van der Waals surface area contributed by atoms with E-state index in [9.17, 15) is 4.79 Å². The van der Waals surface area contributed by atoms with Gasteiger partial charge in [-0.2, -0.15) is 0 Å². The van der Waals surface area contributed by atoms with Gasteiger partial charge in [0.2, 0.25) is 0 Å². The number of amides is 1. The molecule has 29 heavy (non-hydrogen) atoms. The zero-order chi connectivity index (χ0) is 19.8. The van der Waals surface area contributed by atoms with Crippen molar-refractivity contribution in [1.29, 1.82) is 0 Å². The van der Waals surface area contributed by atoms with Gasteiger partial charge in [0.1, 0.15) is 18.2 Å². The third-order valence-electron chi connectivity index (χ3n) is 5.11. The summed E-state index contributed by atoms with van der Waals surface area (Å²) in [5.74, 6) is 1.50. The van der Waals surface area contributed by atoms with Crippen molar-refractivity contribution < 1.29 is 9.53 Å². The first kappa shape index (κ1) is 17.2. The summed E-state index contributed by atoms with van der Waals surface area (Å²) in [6.07, 6.45) is 5.12. The van der Waals surface area contributed by atoms with Gasteiger partial charge in [0, 0.05) is 23.5 Å². The molecule has 0 N–H and O–H groups in total. The van der Waals surface area contributed by atoms with Crippen LogP contribution in [0.3, 0.4) is 0 Å². The van der Waals surface area contributed by atoms with E-state index >= 15 is 0 Å². The molecule has 5 rings (SSSR count). The summed E-state index contributed by atoms with van der Waals surface area (Å²) < 4.78 is 7.33. The summed E-state index contributed by atoms with van der Waals surface area (Å²) in [7, 11) is 1.64. The summed E-state index contributed by atoms with van der Waals surface area (Å²) in [6, 6.07) is 19.2. The molecule has 6 heteroatoms. The maximum Gasteiger partial charge on any atom is 0.261 e. The molecule has 4 aromatic rings. The number of imidazole rings is 1. The number of para-hydroxylation sites is 1. The van der Waals surface area contributed by atoms with Crippen molar-refractivity contribution in [3.05, 3.63) is 84.8 Å². The van der Waals surface area contributed by atoms with E-state index < -0.39 is 0 Å². The summed E-state index contributed by atoms with van der Waals surface area (Å²) in [5.41, 5.74) is 4.35. The van der Waals surface area contributed by atoms with Gasteiger partial charge in [-0.05, 0) is 42.5 Å². The van der Waals surface area contributed by atoms with Crippen molar-refractivity contribution in [2.24, 2.45) is 0 Å². The average Bonchev–Trinajstić information content (AvgIpc) is 3.23. The van der Waals surface area contributed by atoms with Crippen molar-refractivity contribution >= 4 is 11.6 Å². The summed E-state index contributed by atoms with van der Waals surface area (Å²) in [5, 5.41) is 0. The third-order valence-corrected chi connectivity index (χ3v) is 5.11. The van der Waals surface area contributed by atoms with Gasteiger partial charge in [-0.25, -0.2) is 4.98 Å². The first-order valence-electron chi connectivity index (χ1n) is 9.27. The molecule has 6 nitrogen and oxygen atoms in total. The number of aromatic nitrogens is 3. The zero-order valence-electron chi connectivity index (χ0n) is 15.8. The Balaban J connectivity index is 1.62. The normalized spacial score (nSPS) is 12.2. The number of pyridine rings is 1. The lowest BCUT2D eigenvalue weighted by Gasteiger charge is -2.31. The predicted octanol–water partition coefficient (Wildman–Crippen LogP) is 4.24. The molecule has 142 valence electrons. The van der Waals surface area contributed by atoms with Gasteiger partial charge in [-0.1, -0.05) is 18.2 Å². The number of carbonyl (C=O) groups is 1. The van der Waals surface area contributed by atoms with Crippen LogP contribution in [0, 0.1) is 0 Å². The third kappa shape index (κ3) is 2.86. The number of nitrogens with zero attached hydrogens (tertiary/aromatic N) is 4. The number of hydrogen-bond acceptors (Lipinski definition) is 4. The minimum absolute atomic E-state index is 0.0921. The maximum absolute atomic E-state index is 13.3. The largest absolute Gasteiger partial charge is 0.497 e. The van der Waals surface area contributed by atoms with Crippen LogP contribution in [0.15, 0.2) is 79.3 Å². The second-order valence-electron chi connectivity index (χ2n) is 6.76. The molecule has 0 atom stereocenters. The Hall–Kier alpha value is -3.93. The Bertz CT molecular complexity index is 1180. The Morgan fingerprint density at radius 1 is 1.00 bits per heavy atom. The van der Waals surface area contributed by atoms with Crippen LogP contribution < -0.4 is 9.64 Å². The summed E-state index contributed by atoms with van der Waals surface area (Å²) >= 11 is 0. The summed E-state index contributed by atoms with van der Waals surface area (Å²) in [6.45, 7) is 0.376. The van der Waals surface area contributed by atoms with Crippen LogP contribution in [0.5, 0.6) is 5.75 Å². The van der Waals surface area contributed by atoms with Crippen molar-refractivity contribution in [1.82, 2.24) is 14.5 Å². The molecule has 1 aliphatic heterocycles. The highest BCUT2D eigenvalue weighted by Crippen LogP contribution is 2.39. The minimum Gasteiger partial charge on any atom is -0.497 e. The molecule has 2 aromatic heterocycles. The number of benzene rings is 2. The van der Waals surface area contributed by atoms with Crippen LogP contribution in [0.2, 0.25) is 0 Å². The molecule has 0 fully saturated rings. The molecule has 0 spiro atoms. The summed E-state index contributed by atoms with van der Waals surface area (Å²) in [4.78, 5) is 23.8. The Labute approximate surface area is 168 Å². The number of ether oxygens (including phenoxy) is 1. The molecular weight excluding hydrogens is 364 g/mol. The molecule has 1 amide bonds. The zero-order valence-corrected chi connectivity index (χ0v) is 15.8. The highest BCUT2D eigenvalue weighted by Gasteiger charge is 2.29. The van der Waals surface area contributed by atoms with Gasteiger partial charge in [0.25, 0.3) is 5.91 Å². The van der Waals surface area contributed by atoms with E-state index in [-0.39, 0.29) is 5.91 Å². The number of anilines is 1. The molecule has 0 saturated heterocycles. The molecule has 0 radical (unpaired) electrons. The maximum atomic E-state index is 13.3. The van der Waals surface area contributed by atoms with E-state index in [0.29, 0.717) is 12.2 Å². The van der Waals surface area contributed by atoms with Crippen molar-refractivity contribution in [2.75, 3.05) is 12.0 Å². The van der Waals surface area contributed by atoms with Crippen molar-refractivity contribution in [2.45, 2.75) is 6.67 Å². The molecule has 0 unspecified atom stereocenters. The number of carbonyl (C=O) groups excluding carboxylic acids is 1. The molecule has 3 heterocycles. The van der Waals surface area contributed by atoms with Crippen LogP contribution >= 0.6 is 0 Å². The Morgan fingerprint density at radius 2 is 1.83 bits per heavy atom. The minimum atomic E-state index is -0.0921. The van der Waals surface area contributed by atoms with E-state index in [2.05, 4.69) is 14.5 Å². The Morgan fingerprint density at radius 3 is 2.59 bits per heavy atom. The molecule has 2 aromatic carbocycles. The van der Waals surface area contributed by atoms with E-state index in [1.165, 1.54) is 0 Å². The van der Waals surface area contributed by atoms with Gasteiger partial charge < -0.3 is 9.30 Å². The van der Waals surface area contributed by atoms with E-state index in [1.54, 1.807) is 36.5 Å². The van der Waals surface area contributed by atoms with Crippen LogP contribution in [0.4, 0.5) is 5.69 Å². The lowest BCUT2D eigenvalue weighted by Crippen LogP contribution is -2.36. The fraction of sp³-hybridized carbons (Fsp3) is 0.0870. The van der Waals surface area contributed by atoms with Gasteiger partial charge in [-0.3, -0.25) is 14.7 Å². The van der Waals surface area contributed by atoms with Gasteiger partial charge >= 0.3 is 0 Å². The molecule has 0 bridgehead atoms. The average molecular weight is 382 g/mol. The Kier molecular flexibility index (Phi) is 4.09. The fourth-order valence-electron chi connectivity index (χ4n) is 3.67. The smallest absolute Gasteiger partial charge is 0.261 e. The quantitative estimate of drug-likeness (QED) is 0.532. The molecule has 0 saturated carbocycles. The van der Waals surface area contributed by atoms with Gasteiger partial charge in [-0.15, -0.1) is 0 Å². The monoisotopic (exact) mass is 382 g/mol. The fourth-order valence-corrected chi connectivity index (χ4v) is 3.67. The number of rotatable bonds is 3. The van der Waals surface area contributed by atoms with Gasteiger partial charge in [0.05, 0.1) is 30.3 Å². The number of methoxy groups -OCH3 is 1. The van der Waals surface area contributed by atoms with E-state index in [1.807, 2.05) is 54.7 Å². The van der Waals surface area contributed by atoms with Crippen LogP contribution in [0.25, 0.3) is 22.6 Å². The van der Waals surface area contributed by atoms with E-state index in [4.69, 9.17) is 4.74 Å². The highest BCUT2D eigenvalue weighted by molar-refractivity contribution is 6.08. The highest BCUT2D eigenvalue weighted by atomic mass is 16.5. The number of hydrogen-bond donors (Lipinski definition) is 0. The van der Waals surface area contributed by atoms with Gasteiger partial charge in [0.15, 0.2) is 0 Å². The second-order valence-corrected chi connectivity index (χ2v) is 6.76. The SMILES string of the molecule is COc1ccc(-c2ncc3n2CN(C(=O)c2cccnc2)c2ccccc2-3)cc1.